The van der Waals surface area contributed by atoms with Crippen molar-refractivity contribution in [1.82, 2.24) is 0 Å². The lowest BCUT2D eigenvalue weighted by molar-refractivity contribution is 0.405. The van der Waals surface area contributed by atoms with E-state index in [-0.39, 0.29) is 5.41 Å². The van der Waals surface area contributed by atoms with Gasteiger partial charge in [-0.3, -0.25) is 0 Å². The molecule has 0 amide bonds. The number of benzene rings is 2. The number of halogens is 1. The quantitative estimate of drug-likeness (QED) is 0.940. The number of hydrogen-bond donors (Lipinski definition) is 1. The maximum absolute atomic E-state index is 5.98. The molecule has 94 valence electrons. The minimum atomic E-state index is 0.138. The summed E-state index contributed by atoms with van der Waals surface area (Å²) in [5.74, 6) is 0.966. The predicted octanol–water partition coefficient (Wildman–Crippen LogP) is 3.60. The Morgan fingerprint density at radius 2 is 2.06 bits per heavy atom. The highest BCUT2D eigenvalue weighted by Gasteiger charge is 2.45. The lowest BCUT2D eigenvalue weighted by Gasteiger charge is -2.19. The molecular formula is C15H16BrNO. The van der Waals surface area contributed by atoms with Crippen LogP contribution in [0.2, 0.25) is 0 Å². The van der Waals surface area contributed by atoms with Crippen LogP contribution in [0.15, 0.2) is 34.8 Å². The van der Waals surface area contributed by atoms with Gasteiger partial charge in [0.05, 0.1) is 7.11 Å². The highest BCUT2D eigenvalue weighted by atomic mass is 79.9. The molecular weight excluding hydrogens is 290 g/mol. The number of hydrogen-bond acceptors (Lipinski definition) is 2. The Kier molecular flexibility index (Phi) is 2.83. The van der Waals surface area contributed by atoms with Crippen molar-refractivity contribution in [3.05, 3.63) is 40.4 Å². The molecule has 2 aromatic carbocycles. The van der Waals surface area contributed by atoms with Crippen molar-refractivity contribution in [3.63, 3.8) is 0 Å². The zero-order chi connectivity index (χ0) is 12.8. The molecule has 0 spiro atoms. The maximum Gasteiger partial charge on any atom is 0.123 e. The highest BCUT2D eigenvalue weighted by molar-refractivity contribution is 9.10. The summed E-state index contributed by atoms with van der Waals surface area (Å²) < 4.78 is 6.65. The van der Waals surface area contributed by atoms with Crippen molar-refractivity contribution in [3.8, 4) is 5.75 Å². The average molecular weight is 306 g/mol. The van der Waals surface area contributed by atoms with Gasteiger partial charge in [-0.2, -0.15) is 0 Å². The maximum atomic E-state index is 5.98. The second-order valence-corrected chi connectivity index (χ2v) is 5.91. The number of ether oxygens (including phenoxy) is 1. The van der Waals surface area contributed by atoms with Gasteiger partial charge in [0.1, 0.15) is 5.75 Å². The monoisotopic (exact) mass is 305 g/mol. The largest absolute Gasteiger partial charge is 0.496 e. The summed E-state index contributed by atoms with van der Waals surface area (Å²) >= 11 is 3.52. The summed E-state index contributed by atoms with van der Waals surface area (Å²) in [5.41, 5.74) is 7.41. The fourth-order valence-electron chi connectivity index (χ4n) is 2.70. The standard InChI is InChI=1S/C15H16BrNO/c1-18-13-5-2-10-8-11(16)3-4-12(10)14(13)15(9-17)6-7-15/h2-5,8H,6-7,9,17H2,1H3. The zero-order valence-electron chi connectivity index (χ0n) is 10.4. The lowest BCUT2D eigenvalue weighted by atomic mass is 9.90. The molecule has 1 fully saturated rings. The highest BCUT2D eigenvalue weighted by Crippen LogP contribution is 2.53. The van der Waals surface area contributed by atoms with Crippen LogP contribution >= 0.6 is 15.9 Å². The van der Waals surface area contributed by atoms with Crippen LogP contribution in [-0.2, 0) is 5.41 Å². The van der Waals surface area contributed by atoms with Crippen LogP contribution in [0.5, 0.6) is 5.75 Å². The molecule has 1 saturated carbocycles. The van der Waals surface area contributed by atoms with Crippen LogP contribution in [0.4, 0.5) is 0 Å². The Hall–Kier alpha value is -1.06. The minimum Gasteiger partial charge on any atom is -0.496 e. The lowest BCUT2D eigenvalue weighted by Crippen LogP contribution is -2.20. The molecule has 18 heavy (non-hydrogen) atoms. The van der Waals surface area contributed by atoms with Gasteiger partial charge >= 0.3 is 0 Å². The fourth-order valence-corrected chi connectivity index (χ4v) is 3.08. The van der Waals surface area contributed by atoms with E-state index in [1.54, 1.807) is 7.11 Å². The van der Waals surface area contributed by atoms with E-state index in [4.69, 9.17) is 10.5 Å². The first-order chi connectivity index (χ1) is 8.70. The third-order valence-corrected chi connectivity index (χ3v) is 4.43. The summed E-state index contributed by atoms with van der Waals surface area (Å²) in [6, 6.07) is 10.5. The van der Waals surface area contributed by atoms with Crippen molar-refractivity contribution < 1.29 is 4.74 Å². The molecule has 0 atom stereocenters. The van der Waals surface area contributed by atoms with Crippen LogP contribution < -0.4 is 10.5 Å². The summed E-state index contributed by atoms with van der Waals surface area (Å²) in [7, 11) is 1.73. The van der Waals surface area contributed by atoms with E-state index in [2.05, 4.69) is 46.3 Å². The van der Waals surface area contributed by atoms with Gasteiger partial charge in [-0.15, -0.1) is 0 Å². The molecule has 1 aliphatic carbocycles. The van der Waals surface area contributed by atoms with Crippen LogP contribution in [0.25, 0.3) is 10.8 Å². The Labute approximate surface area is 115 Å². The number of methoxy groups -OCH3 is 1. The van der Waals surface area contributed by atoms with Crippen molar-refractivity contribution in [2.24, 2.45) is 5.73 Å². The zero-order valence-corrected chi connectivity index (χ0v) is 12.0. The number of fused-ring (bicyclic) bond motifs is 1. The molecule has 0 unspecified atom stereocenters. The first-order valence-electron chi connectivity index (χ1n) is 6.17. The number of rotatable bonds is 3. The topological polar surface area (TPSA) is 35.2 Å². The third-order valence-electron chi connectivity index (χ3n) is 3.94. The summed E-state index contributed by atoms with van der Waals surface area (Å²) in [5, 5.41) is 2.50. The molecule has 2 N–H and O–H groups in total. The van der Waals surface area contributed by atoms with Crippen molar-refractivity contribution in [1.29, 1.82) is 0 Å². The van der Waals surface area contributed by atoms with Gasteiger partial charge in [0.15, 0.2) is 0 Å². The molecule has 1 aliphatic rings. The molecule has 2 aromatic rings. The second kappa shape index (κ2) is 4.25. The Morgan fingerprint density at radius 3 is 2.67 bits per heavy atom. The molecule has 0 bridgehead atoms. The van der Waals surface area contributed by atoms with Gasteiger partial charge in [0.2, 0.25) is 0 Å². The molecule has 0 aromatic heterocycles. The SMILES string of the molecule is COc1ccc2cc(Br)ccc2c1C1(CN)CC1. The van der Waals surface area contributed by atoms with Gasteiger partial charge < -0.3 is 10.5 Å². The van der Waals surface area contributed by atoms with Crippen LogP contribution in [0, 0.1) is 0 Å². The van der Waals surface area contributed by atoms with Gasteiger partial charge in [-0.1, -0.05) is 28.1 Å². The van der Waals surface area contributed by atoms with Gasteiger partial charge in [0, 0.05) is 22.0 Å². The summed E-state index contributed by atoms with van der Waals surface area (Å²) in [4.78, 5) is 0. The minimum absolute atomic E-state index is 0.138. The Morgan fingerprint density at radius 1 is 1.28 bits per heavy atom. The smallest absolute Gasteiger partial charge is 0.123 e. The molecule has 3 rings (SSSR count). The molecule has 2 nitrogen and oxygen atoms in total. The summed E-state index contributed by atoms with van der Waals surface area (Å²) in [6.07, 6.45) is 2.32. The fraction of sp³-hybridized carbons (Fsp3) is 0.333. The second-order valence-electron chi connectivity index (χ2n) is 4.99. The van der Waals surface area contributed by atoms with Gasteiger partial charge in [-0.05, 0) is 41.8 Å². The number of nitrogens with two attached hydrogens (primary N) is 1. The molecule has 3 heteroatoms. The Bertz CT molecular complexity index is 605. The van der Waals surface area contributed by atoms with Crippen LogP contribution in [-0.4, -0.2) is 13.7 Å². The van der Waals surface area contributed by atoms with E-state index in [1.807, 2.05) is 0 Å². The normalized spacial score (nSPS) is 16.8. The van der Waals surface area contributed by atoms with Gasteiger partial charge in [-0.25, -0.2) is 0 Å². The van der Waals surface area contributed by atoms with E-state index in [9.17, 15) is 0 Å². The first kappa shape index (κ1) is 12.0. The summed E-state index contributed by atoms with van der Waals surface area (Å²) in [6.45, 7) is 0.693. The average Bonchev–Trinajstić information content (AvgIpc) is 3.18. The molecule has 0 heterocycles. The van der Waals surface area contributed by atoms with E-state index < -0.39 is 0 Å². The van der Waals surface area contributed by atoms with Crippen molar-refractivity contribution in [2.45, 2.75) is 18.3 Å². The van der Waals surface area contributed by atoms with Gasteiger partial charge in [0.25, 0.3) is 0 Å². The third kappa shape index (κ3) is 1.73. The van der Waals surface area contributed by atoms with E-state index in [0.717, 1.165) is 23.1 Å². The van der Waals surface area contributed by atoms with Crippen molar-refractivity contribution >= 4 is 26.7 Å². The molecule has 0 aliphatic heterocycles. The van der Waals surface area contributed by atoms with E-state index in [1.165, 1.54) is 16.3 Å². The van der Waals surface area contributed by atoms with Crippen molar-refractivity contribution in [2.75, 3.05) is 13.7 Å². The molecule has 0 saturated heterocycles. The first-order valence-corrected chi connectivity index (χ1v) is 6.96. The molecule has 0 radical (unpaired) electrons. The van der Waals surface area contributed by atoms with Crippen LogP contribution in [0.1, 0.15) is 18.4 Å². The van der Waals surface area contributed by atoms with E-state index >= 15 is 0 Å². The predicted molar refractivity (Wildman–Crippen MR) is 78.2 cm³/mol. The Balaban J connectivity index is 2.31. The van der Waals surface area contributed by atoms with E-state index in [0.29, 0.717) is 6.54 Å². The van der Waals surface area contributed by atoms with Crippen LogP contribution in [0.3, 0.4) is 0 Å².